The second kappa shape index (κ2) is 6.02. The minimum atomic E-state index is -0.721. The molecule has 4 nitrogen and oxygen atoms in total. The number of ether oxygens (including phenoxy) is 1. The van der Waals surface area contributed by atoms with Crippen molar-refractivity contribution in [2.45, 2.75) is 64.0 Å². The third-order valence-electron chi connectivity index (χ3n) is 4.67. The van der Waals surface area contributed by atoms with Gasteiger partial charge in [-0.25, -0.2) is 0 Å². The Morgan fingerprint density at radius 1 is 1.39 bits per heavy atom. The summed E-state index contributed by atoms with van der Waals surface area (Å²) in [6.45, 7) is 3.43. The first-order chi connectivity index (χ1) is 8.69. The third kappa shape index (κ3) is 2.69. The van der Waals surface area contributed by atoms with Gasteiger partial charge < -0.3 is 15.2 Å². The van der Waals surface area contributed by atoms with E-state index in [0.29, 0.717) is 24.1 Å². The number of carbonyl (C=O) groups is 1. The summed E-state index contributed by atoms with van der Waals surface area (Å²) in [5.74, 6) is -0.721. The van der Waals surface area contributed by atoms with Gasteiger partial charge in [-0.1, -0.05) is 19.3 Å². The average molecular weight is 255 g/mol. The van der Waals surface area contributed by atoms with Gasteiger partial charge >= 0.3 is 5.97 Å². The Labute approximate surface area is 109 Å². The Kier molecular flexibility index (Phi) is 4.62. The molecule has 1 spiro atoms. The number of carboxylic acids is 1. The molecule has 2 unspecified atom stereocenters. The lowest BCUT2D eigenvalue weighted by Crippen LogP contribution is -2.64. The molecule has 2 atom stereocenters. The maximum Gasteiger partial charge on any atom is 0.304 e. The molecule has 2 fully saturated rings. The SMILES string of the molecule is CCOC1CC(NCCC(=O)O)C12CCCCC2. The Bertz CT molecular complexity index is 287. The normalized spacial score (nSPS) is 30.1. The van der Waals surface area contributed by atoms with Gasteiger partial charge in [-0.2, -0.15) is 0 Å². The summed E-state index contributed by atoms with van der Waals surface area (Å²) in [5.41, 5.74) is 0.298. The molecule has 0 aromatic rings. The second-order valence-electron chi connectivity index (χ2n) is 5.62. The first-order valence-electron chi connectivity index (χ1n) is 7.26. The molecule has 104 valence electrons. The van der Waals surface area contributed by atoms with Crippen molar-refractivity contribution in [2.24, 2.45) is 5.41 Å². The molecule has 0 heterocycles. The summed E-state index contributed by atoms with van der Waals surface area (Å²) in [6, 6.07) is 0.466. The lowest BCUT2D eigenvalue weighted by Gasteiger charge is -2.58. The molecule has 2 rings (SSSR count). The van der Waals surface area contributed by atoms with Crippen molar-refractivity contribution in [2.75, 3.05) is 13.2 Å². The molecule has 2 saturated carbocycles. The zero-order chi connectivity index (χ0) is 13.0. The minimum absolute atomic E-state index is 0.214. The van der Waals surface area contributed by atoms with Crippen molar-refractivity contribution in [1.82, 2.24) is 5.32 Å². The van der Waals surface area contributed by atoms with Crippen molar-refractivity contribution in [3.8, 4) is 0 Å². The van der Waals surface area contributed by atoms with Crippen LogP contribution >= 0.6 is 0 Å². The van der Waals surface area contributed by atoms with Crippen LogP contribution in [0.25, 0.3) is 0 Å². The molecule has 4 heteroatoms. The van der Waals surface area contributed by atoms with E-state index < -0.39 is 5.97 Å². The van der Waals surface area contributed by atoms with Crippen molar-refractivity contribution >= 4 is 5.97 Å². The van der Waals surface area contributed by atoms with Crippen LogP contribution in [0.1, 0.15) is 51.9 Å². The van der Waals surface area contributed by atoms with E-state index in [1.807, 2.05) is 0 Å². The summed E-state index contributed by atoms with van der Waals surface area (Å²) in [6.07, 6.45) is 8.05. The number of rotatable bonds is 6. The molecule has 0 radical (unpaired) electrons. The second-order valence-corrected chi connectivity index (χ2v) is 5.62. The van der Waals surface area contributed by atoms with E-state index >= 15 is 0 Å². The fraction of sp³-hybridized carbons (Fsp3) is 0.929. The van der Waals surface area contributed by atoms with Crippen LogP contribution in [-0.4, -0.2) is 36.4 Å². The zero-order valence-electron chi connectivity index (χ0n) is 11.3. The summed E-state index contributed by atoms with van der Waals surface area (Å²) in [5, 5.41) is 12.1. The monoisotopic (exact) mass is 255 g/mol. The van der Waals surface area contributed by atoms with Crippen molar-refractivity contribution in [3.05, 3.63) is 0 Å². The van der Waals surface area contributed by atoms with Gasteiger partial charge in [0, 0.05) is 24.6 Å². The number of nitrogens with one attached hydrogen (secondary N) is 1. The zero-order valence-corrected chi connectivity index (χ0v) is 11.3. The van der Waals surface area contributed by atoms with Gasteiger partial charge in [0.25, 0.3) is 0 Å². The minimum Gasteiger partial charge on any atom is -0.481 e. The standard InChI is InChI=1S/C14H25NO3/c1-2-18-12-10-11(15-9-6-13(16)17)14(12)7-4-3-5-8-14/h11-12,15H,2-10H2,1H3,(H,16,17). The van der Waals surface area contributed by atoms with E-state index in [4.69, 9.17) is 9.84 Å². The number of hydrogen-bond donors (Lipinski definition) is 2. The molecular weight excluding hydrogens is 230 g/mol. The highest BCUT2D eigenvalue weighted by atomic mass is 16.5. The number of carboxylic acid groups (broad SMARTS) is 1. The van der Waals surface area contributed by atoms with Crippen molar-refractivity contribution in [3.63, 3.8) is 0 Å². The number of hydrogen-bond acceptors (Lipinski definition) is 3. The Morgan fingerprint density at radius 2 is 2.11 bits per heavy atom. The van der Waals surface area contributed by atoms with E-state index in [1.165, 1.54) is 32.1 Å². The molecule has 0 amide bonds. The van der Waals surface area contributed by atoms with Crippen LogP contribution in [0.3, 0.4) is 0 Å². The van der Waals surface area contributed by atoms with E-state index in [9.17, 15) is 4.79 Å². The highest BCUT2D eigenvalue weighted by Gasteiger charge is 2.55. The molecule has 0 aliphatic heterocycles. The summed E-state index contributed by atoms with van der Waals surface area (Å²) in [4.78, 5) is 10.6. The van der Waals surface area contributed by atoms with Crippen LogP contribution in [0.2, 0.25) is 0 Å². The predicted molar refractivity (Wildman–Crippen MR) is 69.6 cm³/mol. The smallest absolute Gasteiger partial charge is 0.304 e. The summed E-state index contributed by atoms with van der Waals surface area (Å²) >= 11 is 0. The quantitative estimate of drug-likeness (QED) is 0.763. The van der Waals surface area contributed by atoms with Crippen LogP contribution in [-0.2, 0) is 9.53 Å². The largest absolute Gasteiger partial charge is 0.481 e. The molecular formula is C14H25NO3. The van der Waals surface area contributed by atoms with Crippen LogP contribution in [0.15, 0.2) is 0 Å². The maximum atomic E-state index is 10.6. The first-order valence-corrected chi connectivity index (χ1v) is 7.26. The molecule has 0 saturated heterocycles. The Balaban J connectivity index is 1.88. The highest BCUT2D eigenvalue weighted by Crippen LogP contribution is 2.53. The van der Waals surface area contributed by atoms with Gasteiger partial charge in [-0.05, 0) is 26.2 Å². The van der Waals surface area contributed by atoms with E-state index in [1.54, 1.807) is 0 Å². The van der Waals surface area contributed by atoms with Gasteiger partial charge in [-0.15, -0.1) is 0 Å². The molecule has 0 aromatic carbocycles. The molecule has 18 heavy (non-hydrogen) atoms. The average Bonchev–Trinajstić information content (AvgIpc) is 2.37. The van der Waals surface area contributed by atoms with Crippen LogP contribution in [0, 0.1) is 5.41 Å². The highest BCUT2D eigenvalue weighted by molar-refractivity contribution is 5.66. The van der Waals surface area contributed by atoms with Crippen LogP contribution < -0.4 is 5.32 Å². The van der Waals surface area contributed by atoms with Crippen LogP contribution in [0.4, 0.5) is 0 Å². The van der Waals surface area contributed by atoms with E-state index in [2.05, 4.69) is 12.2 Å². The maximum absolute atomic E-state index is 10.6. The Morgan fingerprint density at radius 3 is 2.72 bits per heavy atom. The predicted octanol–water partition coefficient (Wildman–Crippen LogP) is 2.18. The third-order valence-corrected chi connectivity index (χ3v) is 4.67. The first kappa shape index (κ1) is 13.8. The lowest BCUT2D eigenvalue weighted by molar-refractivity contribution is -0.150. The van der Waals surface area contributed by atoms with E-state index in [0.717, 1.165) is 13.0 Å². The molecule has 2 N–H and O–H groups in total. The van der Waals surface area contributed by atoms with Gasteiger partial charge in [-0.3, -0.25) is 4.79 Å². The van der Waals surface area contributed by atoms with Gasteiger partial charge in [0.2, 0.25) is 0 Å². The van der Waals surface area contributed by atoms with Crippen molar-refractivity contribution < 1.29 is 14.6 Å². The fourth-order valence-electron chi connectivity index (χ4n) is 3.70. The van der Waals surface area contributed by atoms with Crippen molar-refractivity contribution in [1.29, 1.82) is 0 Å². The molecule has 0 aromatic heterocycles. The fourth-order valence-corrected chi connectivity index (χ4v) is 3.70. The lowest BCUT2D eigenvalue weighted by atomic mass is 9.55. The van der Waals surface area contributed by atoms with Crippen LogP contribution in [0.5, 0.6) is 0 Å². The van der Waals surface area contributed by atoms with E-state index in [-0.39, 0.29) is 6.42 Å². The van der Waals surface area contributed by atoms with Gasteiger partial charge in [0.1, 0.15) is 0 Å². The summed E-state index contributed by atoms with van der Waals surface area (Å²) < 4.78 is 5.87. The molecule has 2 aliphatic rings. The Hall–Kier alpha value is -0.610. The number of aliphatic carboxylic acids is 1. The van der Waals surface area contributed by atoms with Gasteiger partial charge in [0.15, 0.2) is 0 Å². The summed E-state index contributed by atoms with van der Waals surface area (Å²) in [7, 11) is 0. The molecule has 0 bridgehead atoms. The van der Waals surface area contributed by atoms with Gasteiger partial charge in [0.05, 0.1) is 12.5 Å². The topological polar surface area (TPSA) is 58.6 Å². The molecule has 2 aliphatic carbocycles.